The summed E-state index contributed by atoms with van der Waals surface area (Å²) in [4.78, 5) is 11.0. The minimum atomic E-state index is -0.517. The highest BCUT2D eigenvalue weighted by Gasteiger charge is 2.26. The molecule has 0 aliphatic carbocycles. The van der Waals surface area contributed by atoms with E-state index in [9.17, 15) is 4.79 Å². The van der Waals surface area contributed by atoms with Gasteiger partial charge in [-0.3, -0.25) is 4.79 Å². The van der Waals surface area contributed by atoms with Crippen LogP contribution < -0.4 is 5.32 Å². The van der Waals surface area contributed by atoms with Crippen molar-refractivity contribution in [2.75, 3.05) is 6.54 Å². The second-order valence-electron chi connectivity index (χ2n) is 4.74. The molecule has 1 atom stereocenters. The molecule has 1 N–H and O–H groups in total. The number of esters is 1. The van der Waals surface area contributed by atoms with Crippen LogP contribution in [0.1, 0.15) is 19.4 Å². The average molecular weight is 315 g/mol. The molecular weight excluding hydrogens is 297 g/mol. The summed E-state index contributed by atoms with van der Waals surface area (Å²) in [6.07, 6.45) is 2.35. The van der Waals surface area contributed by atoms with Gasteiger partial charge in [-0.1, -0.05) is 35.3 Å². The van der Waals surface area contributed by atoms with E-state index in [0.29, 0.717) is 23.0 Å². The molecule has 20 heavy (non-hydrogen) atoms. The Morgan fingerprint density at radius 3 is 2.70 bits per heavy atom. The van der Waals surface area contributed by atoms with Gasteiger partial charge in [0, 0.05) is 13.5 Å². The first-order valence-corrected chi connectivity index (χ1v) is 6.93. The molecule has 1 rings (SSSR count). The molecule has 3 nitrogen and oxygen atoms in total. The molecule has 0 aromatic heterocycles. The second kappa shape index (κ2) is 7.67. The zero-order chi connectivity index (χ0) is 15.2. The predicted molar refractivity (Wildman–Crippen MR) is 82.8 cm³/mol. The van der Waals surface area contributed by atoms with Crippen molar-refractivity contribution in [3.63, 3.8) is 0 Å². The minimum Gasteiger partial charge on any atom is -0.457 e. The van der Waals surface area contributed by atoms with Gasteiger partial charge >= 0.3 is 5.97 Å². The Hall–Kier alpha value is -1.03. The largest absolute Gasteiger partial charge is 0.457 e. The summed E-state index contributed by atoms with van der Waals surface area (Å²) in [6, 6.07) is 5.45. The van der Waals surface area contributed by atoms with Gasteiger partial charge in [0.1, 0.15) is 0 Å². The Bertz CT molecular complexity index is 491. The van der Waals surface area contributed by atoms with Crippen molar-refractivity contribution in [1.82, 2.24) is 5.32 Å². The van der Waals surface area contributed by atoms with Crippen LogP contribution in [0.25, 0.3) is 0 Å². The lowest BCUT2D eigenvalue weighted by Gasteiger charge is -2.29. The first kappa shape index (κ1) is 17.0. The van der Waals surface area contributed by atoms with E-state index in [1.807, 2.05) is 13.0 Å². The first-order valence-electron chi connectivity index (χ1n) is 6.18. The number of rotatable bonds is 7. The van der Waals surface area contributed by atoms with E-state index in [1.54, 1.807) is 18.2 Å². The Morgan fingerprint density at radius 2 is 2.15 bits per heavy atom. The lowest BCUT2D eigenvalue weighted by Crippen LogP contribution is -2.45. The molecule has 0 unspecified atom stereocenters. The summed E-state index contributed by atoms with van der Waals surface area (Å²) < 4.78 is 5.01. The fraction of sp³-hybridized carbons (Fsp3) is 0.333. The number of nitrogens with one attached hydrogen (secondary N) is 1. The Labute approximate surface area is 129 Å². The van der Waals surface area contributed by atoms with Gasteiger partial charge in [0.15, 0.2) is 6.61 Å². The quantitative estimate of drug-likeness (QED) is 0.614. The molecule has 0 saturated carbocycles. The fourth-order valence-corrected chi connectivity index (χ4v) is 2.06. The van der Waals surface area contributed by atoms with Gasteiger partial charge in [0.2, 0.25) is 0 Å². The monoisotopic (exact) mass is 314 g/mol. The van der Waals surface area contributed by atoms with Crippen molar-refractivity contribution < 1.29 is 9.53 Å². The Kier molecular flexibility index (Phi) is 6.53. The van der Waals surface area contributed by atoms with Crippen LogP contribution >= 0.6 is 23.2 Å². The van der Waals surface area contributed by atoms with Gasteiger partial charge in [-0.2, -0.15) is 0 Å². The molecule has 0 spiro atoms. The van der Waals surface area contributed by atoms with E-state index < -0.39 is 5.54 Å². The van der Waals surface area contributed by atoms with Gasteiger partial charge < -0.3 is 10.1 Å². The maximum Gasteiger partial charge on any atom is 0.303 e. The number of ether oxygens (including phenoxy) is 1. The van der Waals surface area contributed by atoms with E-state index >= 15 is 0 Å². The van der Waals surface area contributed by atoms with E-state index in [-0.39, 0.29) is 5.97 Å². The summed E-state index contributed by atoms with van der Waals surface area (Å²) in [5.41, 5.74) is 0.471. The highest BCUT2D eigenvalue weighted by molar-refractivity contribution is 6.42. The smallest absolute Gasteiger partial charge is 0.303 e. The lowest BCUT2D eigenvalue weighted by molar-refractivity contribution is -0.138. The Morgan fingerprint density at radius 1 is 1.45 bits per heavy atom. The predicted octanol–water partition coefficient (Wildman–Crippen LogP) is 3.80. The van der Waals surface area contributed by atoms with Crippen molar-refractivity contribution in [3.8, 4) is 0 Å². The van der Waals surface area contributed by atoms with E-state index in [0.717, 1.165) is 5.56 Å². The summed E-state index contributed by atoms with van der Waals surface area (Å²) >= 11 is 11.9. The van der Waals surface area contributed by atoms with Gasteiger partial charge in [-0.25, -0.2) is 0 Å². The number of carbonyl (C=O) groups excluding carboxylic acids is 1. The van der Waals surface area contributed by atoms with E-state index in [4.69, 9.17) is 27.9 Å². The Balaban J connectivity index is 2.83. The third-order valence-electron chi connectivity index (χ3n) is 2.69. The SMILES string of the molecule is C=CCN[C@@](C)([CH]OC(C)=O)Cc1ccc(Cl)c(Cl)c1. The summed E-state index contributed by atoms with van der Waals surface area (Å²) in [5, 5.41) is 4.27. The molecule has 0 aliphatic rings. The van der Waals surface area contributed by atoms with Crippen LogP contribution in [0.15, 0.2) is 30.9 Å². The molecule has 0 fully saturated rings. The van der Waals surface area contributed by atoms with Gasteiger partial charge in [-0.05, 0) is 31.0 Å². The third-order valence-corrected chi connectivity index (χ3v) is 3.43. The third kappa shape index (κ3) is 5.53. The van der Waals surface area contributed by atoms with Crippen LogP contribution in [0.5, 0.6) is 0 Å². The van der Waals surface area contributed by atoms with Gasteiger partial charge in [0.25, 0.3) is 0 Å². The average Bonchev–Trinajstić information content (AvgIpc) is 2.39. The van der Waals surface area contributed by atoms with Crippen LogP contribution in [-0.4, -0.2) is 18.1 Å². The van der Waals surface area contributed by atoms with Crippen LogP contribution in [-0.2, 0) is 16.0 Å². The number of halogens is 2. The molecule has 1 aromatic carbocycles. The molecule has 0 bridgehead atoms. The van der Waals surface area contributed by atoms with E-state index in [1.165, 1.54) is 13.5 Å². The van der Waals surface area contributed by atoms with Crippen LogP contribution in [0.4, 0.5) is 0 Å². The van der Waals surface area contributed by atoms with E-state index in [2.05, 4.69) is 11.9 Å². The fourth-order valence-electron chi connectivity index (χ4n) is 1.74. The normalized spacial score (nSPS) is 13.6. The highest BCUT2D eigenvalue weighted by Crippen LogP contribution is 2.25. The molecule has 0 heterocycles. The van der Waals surface area contributed by atoms with Gasteiger partial charge in [-0.15, -0.1) is 6.58 Å². The molecule has 0 amide bonds. The first-order chi connectivity index (χ1) is 9.36. The van der Waals surface area contributed by atoms with Crippen molar-refractivity contribution in [3.05, 3.63) is 53.1 Å². The number of hydrogen-bond donors (Lipinski definition) is 1. The van der Waals surface area contributed by atoms with Crippen molar-refractivity contribution in [2.45, 2.75) is 25.8 Å². The van der Waals surface area contributed by atoms with Crippen LogP contribution in [0, 0.1) is 6.61 Å². The maximum absolute atomic E-state index is 11.0. The van der Waals surface area contributed by atoms with Crippen LogP contribution in [0.2, 0.25) is 10.0 Å². The molecule has 1 radical (unpaired) electrons. The lowest BCUT2D eigenvalue weighted by atomic mass is 9.93. The minimum absolute atomic E-state index is 0.356. The molecular formula is C15H18Cl2NO2. The maximum atomic E-state index is 11.0. The molecule has 1 aromatic rings. The zero-order valence-corrected chi connectivity index (χ0v) is 13.1. The van der Waals surface area contributed by atoms with Crippen LogP contribution in [0.3, 0.4) is 0 Å². The van der Waals surface area contributed by atoms with Crippen molar-refractivity contribution in [1.29, 1.82) is 0 Å². The second-order valence-corrected chi connectivity index (χ2v) is 5.55. The molecule has 5 heteroatoms. The van der Waals surface area contributed by atoms with Crippen molar-refractivity contribution >= 4 is 29.2 Å². The van der Waals surface area contributed by atoms with Crippen molar-refractivity contribution in [2.24, 2.45) is 0 Å². The summed E-state index contributed by atoms with van der Waals surface area (Å²) in [5.74, 6) is -0.356. The highest BCUT2D eigenvalue weighted by atomic mass is 35.5. The zero-order valence-electron chi connectivity index (χ0n) is 11.6. The molecule has 109 valence electrons. The molecule has 0 aliphatic heterocycles. The molecule has 0 saturated heterocycles. The topological polar surface area (TPSA) is 38.3 Å². The number of benzene rings is 1. The summed E-state index contributed by atoms with van der Waals surface area (Å²) in [6.45, 7) is 9.06. The standard InChI is InChI=1S/C15H18Cl2NO2/c1-4-7-18-15(3,10-20-11(2)19)9-12-5-6-13(16)14(17)8-12/h4-6,8,10,18H,1,7,9H2,2-3H3/t15-/m1/s1. The summed E-state index contributed by atoms with van der Waals surface area (Å²) in [7, 11) is 0. The number of carbonyl (C=O) groups is 1. The van der Waals surface area contributed by atoms with Gasteiger partial charge in [0.05, 0.1) is 15.6 Å². The number of hydrogen-bond acceptors (Lipinski definition) is 3.